The number of rotatable bonds is 5. The van der Waals surface area contributed by atoms with Crippen LogP contribution >= 0.6 is 0 Å². The predicted octanol–water partition coefficient (Wildman–Crippen LogP) is 2.50. The fraction of sp³-hybridized carbons (Fsp3) is 0.375. The van der Waals surface area contributed by atoms with Crippen LogP contribution < -0.4 is 5.32 Å². The number of aromatic nitrogens is 1. The van der Waals surface area contributed by atoms with E-state index >= 15 is 0 Å². The maximum absolute atomic E-state index is 12.0. The highest BCUT2D eigenvalue weighted by atomic mass is 16.4. The lowest BCUT2D eigenvalue weighted by atomic mass is 10.1. The monoisotopic (exact) mass is 288 g/mol. The number of carboxylic acid groups (broad SMARTS) is 1. The van der Waals surface area contributed by atoms with E-state index in [4.69, 9.17) is 5.11 Å². The van der Waals surface area contributed by atoms with Gasteiger partial charge in [0.1, 0.15) is 6.54 Å². The molecule has 0 aliphatic carbocycles. The molecule has 1 aromatic carbocycles. The Morgan fingerprint density at radius 2 is 1.95 bits per heavy atom. The Labute approximate surface area is 123 Å². The Morgan fingerprint density at radius 1 is 1.24 bits per heavy atom. The summed E-state index contributed by atoms with van der Waals surface area (Å²) in [6, 6.07) is 6.89. The van der Waals surface area contributed by atoms with E-state index in [1.54, 1.807) is 29.0 Å². The zero-order valence-corrected chi connectivity index (χ0v) is 12.5. The van der Waals surface area contributed by atoms with E-state index in [1.807, 2.05) is 13.0 Å². The number of amides is 1. The highest BCUT2D eigenvalue weighted by molar-refractivity contribution is 5.94. The van der Waals surface area contributed by atoms with E-state index in [2.05, 4.69) is 19.2 Å². The van der Waals surface area contributed by atoms with Crippen LogP contribution in [0.3, 0.4) is 0 Å². The van der Waals surface area contributed by atoms with Crippen LogP contribution in [-0.2, 0) is 11.3 Å². The van der Waals surface area contributed by atoms with E-state index in [0.29, 0.717) is 5.92 Å². The van der Waals surface area contributed by atoms with Crippen molar-refractivity contribution in [2.45, 2.75) is 33.4 Å². The number of nitrogens with one attached hydrogen (secondary N) is 1. The van der Waals surface area contributed by atoms with Crippen LogP contribution in [-0.4, -0.2) is 27.6 Å². The Balaban J connectivity index is 2.20. The van der Waals surface area contributed by atoms with Gasteiger partial charge >= 0.3 is 5.97 Å². The van der Waals surface area contributed by atoms with Crippen molar-refractivity contribution in [1.29, 1.82) is 0 Å². The summed E-state index contributed by atoms with van der Waals surface area (Å²) in [7, 11) is 0. The van der Waals surface area contributed by atoms with Crippen LogP contribution in [0.5, 0.6) is 0 Å². The number of carboxylic acids is 1. The molecule has 2 N–H and O–H groups in total. The third-order valence-electron chi connectivity index (χ3n) is 3.72. The second-order valence-electron chi connectivity index (χ2n) is 5.62. The van der Waals surface area contributed by atoms with Gasteiger partial charge in [0.05, 0.1) is 5.56 Å². The molecular weight excluding hydrogens is 268 g/mol. The zero-order chi connectivity index (χ0) is 15.6. The maximum Gasteiger partial charge on any atom is 0.335 e. The van der Waals surface area contributed by atoms with Crippen molar-refractivity contribution >= 4 is 22.8 Å². The molecular formula is C16H20N2O3. The summed E-state index contributed by atoms with van der Waals surface area (Å²) in [5, 5.41) is 12.9. The molecule has 1 aromatic heterocycles. The summed E-state index contributed by atoms with van der Waals surface area (Å²) < 4.78 is 1.77. The standard InChI is InChI=1S/C16H20N2O3/c1-10(2)11(3)17-15(19)9-18-7-6-12-4-5-13(16(20)21)8-14(12)18/h4-8,10-11H,9H2,1-3H3,(H,17,19)(H,20,21). The highest BCUT2D eigenvalue weighted by Crippen LogP contribution is 2.18. The Bertz CT molecular complexity index is 673. The largest absolute Gasteiger partial charge is 0.478 e. The summed E-state index contributed by atoms with van der Waals surface area (Å²) in [6.07, 6.45) is 1.80. The topological polar surface area (TPSA) is 71.3 Å². The van der Waals surface area contributed by atoms with E-state index in [9.17, 15) is 9.59 Å². The van der Waals surface area contributed by atoms with Crippen LogP contribution in [0.1, 0.15) is 31.1 Å². The van der Waals surface area contributed by atoms with Crippen molar-refractivity contribution in [3.63, 3.8) is 0 Å². The van der Waals surface area contributed by atoms with Gasteiger partial charge in [-0.3, -0.25) is 4.79 Å². The van der Waals surface area contributed by atoms with Crippen LogP contribution in [0.25, 0.3) is 10.9 Å². The number of fused-ring (bicyclic) bond motifs is 1. The lowest BCUT2D eigenvalue weighted by Crippen LogP contribution is -2.38. The smallest absolute Gasteiger partial charge is 0.335 e. The molecule has 0 bridgehead atoms. The Hall–Kier alpha value is -2.30. The molecule has 1 amide bonds. The van der Waals surface area contributed by atoms with Crippen LogP contribution in [0, 0.1) is 5.92 Å². The molecule has 0 spiro atoms. The number of nitrogens with zero attached hydrogens (tertiary/aromatic N) is 1. The van der Waals surface area contributed by atoms with Crippen LogP contribution in [0.2, 0.25) is 0 Å². The number of hydrogen-bond acceptors (Lipinski definition) is 2. The lowest BCUT2D eigenvalue weighted by molar-refractivity contribution is -0.122. The predicted molar refractivity (Wildman–Crippen MR) is 81.3 cm³/mol. The molecule has 0 radical (unpaired) electrons. The normalized spacial score (nSPS) is 12.6. The second-order valence-corrected chi connectivity index (χ2v) is 5.62. The van der Waals surface area contributed by atoms with Gasteiger partial charge in [0.25, 0.3) is 0 Å². The number of carbonyl (C=O) groups is 2. The summed E-state index contributed by atoms with van der Waals surface area (Å²) in [6.45, 7) is 6.26. The summed E-state index contributed by atoms with van der Waals surface area (Å²) in [5.74, 6) is -0.675. The summed E-state index contributed by atoms with van der Waals surface area (Å²) >= 11 is 0. The van der Waals surface area contributed by atoms with Gasteiger partial charge in [-0.25, -0.2) is 4.79 Å². The van der Waals surface area contributed by atoms with Crippen molar-refractivity contribution < 1.29 is 14.7 Å². The maximum atomic E-state index is 12.0. The lowest BCUT2D eigenvalue weighted by Gasteiger charge is -2.17. The van der Waals surface area contributed by atoms with Crippen molar-refractivity contribution in [2.24, 2.45) is 5.92 Å². The van der Waals surface area contributed by atoms with Gasteiger partial charge in [0.2, 0.25) is 5.91 Å². The average molecular weight is 288 g/mol. The van der Waals surface area contributed by atoms with Gasteiger partial charge in [0, 0.05) is 17.8 Å². The van der Waals surface area contributed by atoms with Crippen molar-refractivity contribution in [1.82, 2.24) is 9.88 Å². The first-order valence-corrected chi connectivity index (χ1v) is 7.00. The SMILES string of the molecule is CC(C)C(C)NC(=O)Cn1ccc2ccc(C(=O)O)cc21. The van der Waals surface area contributed by atoms with Gasteiger partial charge in [-0.2, -0.15) is 0 Å². The number of aromatic carboxylic acids is 1. The third-order valence-corrected chi connectivity index (χ3v) is 3.72. The van der Waals surface area contributed by atoms with Gasteiger partial charge in [-0.05, 0) is 36.4 Å². The number of carbonyl (C=O) groups excluding carboxylic acids is 1. The van der Waals surface area contributed by atoms with Gasteiger partial charge in [-0.15, -0.1) is 0 Å². The Kier molecular flexibility index (Phi) is 4.31. The van der Waals surface area contributed by atoms with Crippen molar-refractivity contribution in [3.05, 3.63) is 36.0 Å². The second kappa shape index (κ2) is 5.99. The van der Waals surface area contributed by atoms with Gasteiger partial charge in [-0.1, -0.05) is 19.9 Å². The summed E-state index contributed by atoms with van der Waals surface area (Å²) in [4.78, 5) is 23.1. The first kappa shape index (κ1) is 15.1. The molecule has 2 aromatic rings. The molecule has 1 heterocycles. The summed E-state index contributed by atoms with van der Waals surface area (Å²) in [5.41, 5.74) is 0.973. The molecule has 5 heteroatoms. The highest BCUT2D eigenvalue weighted by Gasteiger charge is 2.13. The van der Waals surface area contributed by atoms with E-state index in [-0.39, 0.29) is 24.1 Å². The van der Waals surface area contributed by atoms with E-state index < -0.39 is 5.97 Å². The van der Waals surface area contributed by atoms with Crippen LogP contribution in [0.4, 0.5) is 0 Å². The molecule has 2 rings (SSSR count). The Morgan fingerprint density at radius 3 is 2.57 bits per heavy atom. The molecule has 0 saturated heterocycles. The van der Waals surface area contributed by atoms with E-state index in [0.717, 1.165) is 10.9 Å². The van der Waals surface area contributed by atoms with Crippen molar-refractivity contribution in [3.8, 4) is 0 Å². The zero-order valence-electron chi connectivity index (χ0n) is 12.5. The minimum absolute atomic E-state index is 0.0746. The fourth-order valence-corrected chi connectivity index (χ4v) is 2.08. The average Bonchev–Trinajstić information content (AvgIpc) is 2.80. The first-order valence-electron chi connectivity index (χ1n) is 7.00. The molecule has 0 saturated carbocycles. The van der Waals surface area contributed by atoms with Gasteiger partial charge < -0.3 is 15.0 Å². The molecule has 0 aliphatic heterocycles. The third kappa shape index (κ3) is 3.42. The van der Waals surface area contributed by atoms with Crippen LogP contribution in [0.15, 0.2) is 30.5 Å². The van der Waals surface area contributed by atoms with Crippen molar-refractivity contribution in [2.75, 3.05) is 0 Å². The number of hydrogen-bond donors (Lipinski definition) is 2. The molecule has 0 aliphatic rings. The van der Waals surface area contributed by atoms with E-state index in [1.165, 1.54) is 0 Å². The molecule has 1 atom stereocenters. The first-order chi connectivity index (χ1) is 9.88. The minimum atomic E-state index is -0.970. The quantitative estimate of drug-likeness (QED) is 0.888. The number of benzene rings is 1. The molecule has 21 heavy (non-hydrogen) atoms. The molecule has 112 valence electrons. The molecule has 0 fully saturated rings. The fourth-order valence-electron chi connectivity index (χ4n) is 2.08. The molecule has 1 unspecified atom stereocenters. The minimum Gasteiger partial charge on any atom is -0.478 e. The molecule has 5 nitrogen and oxygen atoms in total. The van der Waals surface area contributed by atoms with Gasteiger partial charge in [0.15, 0.2) is 0 Å².